The lowest BCUT2D eigenvalue weighted by Gasteiger charge is -2.21. The van der Waals surface area contributed by atoms with Crippen molar-refractivity contribution < 1.29 is 9.59 Å². The van der Waals surface area contributed by atoms with Gasteiger partial charge in [-0.05, 0) is 27.4 Å². The Morgan fingerprint density at radius 2 is 1.88 bits per heavy atom. The van der Waals surface area contributed by atoms with E-state index in [0.717, 1.165) is 0 Å². The molecule has 1 saturated carbocycles. The molecular weight excluding hydrogens is 284 g/mol. The zero-order valence-corrected chi connectivity index (χ0v) is 11.1. The van der Waals surface area contributed by atoms with E-state index in [2.05, 4.69) is 20.9 Å². The summed E-state index contributed by atoms with van der Waals surface area (Å²) >= 11 is 3.32. The van der Waals surface area contributed by atoms with Gasteiger partial charge in [0.05, 0.1) is 22.0 Å². The highest BCUT2D eigenvalue weighted by molar-refractivity contribution is 9.10. The number of anilines is 1. The van der Waals surface area contributed by atoms with Crippen molar-refractivity contribution in [2.24, 2.45) is 17.3 Å². The summed E-state index contributed by atoms with van der Waals surface area (Å²) in [5.41, 5.74) is 0.433. The maximum absolute atomic E-state index is 12.2. The molecular formula is C12H11BrN2O2. The summed E-state index contributed by atoms with van der Waals surface area (Å²) in [5, 5.41) is 0. The van der Waals surface area contributed by atoms with Gasteiger partial charge >= 0.3 is 0 Å². The van der Waals surface area contributed by atoms with Crippen LogP contribution < -0.4 is 4.90 Å². The fourth-order valence-electron chi connectivity index (χ4n) is 2.73. The third-order valence-electron chi connectivity index (χ3n) is 3.79. The number of hydrogen-bond donors (Lipinski definition) is 0. The van der Waals surface area contributed by atoms with Crippen LogP contribution in [-0.2, 0) is 9.59 Å². The summed E-state index contributed by atoms with van der Waals surface area (Å²) in [4.78, 5) is 29.6. The number of amides is 2. The first-order chi connectivity index (χ1) is 7.96. The summed E-state index contributed by atoms with van der Waals surface area (Å²) in [7, 11) is 0. The fourth-order valence-corrected chi connectivity index (χ4v) is 3.16. The Bertz CT molecular complexity index is 517. The van der Waals surface area contributed by atoms with Gasteiger partial charge in [0.2, 0.25) is 11.8 Å². The van der Waals surface area contributed by atoms with Gasteiger partial charge in [0.25, 0.3) is 0 Å². The van der Waals surface area contributed by atoms with Gasteiger partial charge in [0.1, 0.15) is 0 Å². The lowest BCUT2D eigenvalue weighted by Crippen LogP contribution is -2.36. The average molecular weight is 295 g/mol. The Kier molecular flexibility index (Phi) is 2.03. The third kappa shape index (κ3) is 1.26. The van der Waals surface area contributed by atoms with Gasteiger partial charge < -0.3 is 0 Å². The number of halogens is 1. The molecule has 4 nitrogen and oxygen atoms in total. The second-order valence-corrected chi connectivity index (χ2v) is 5.97. The van der Waals surface area contributed by atoms with Crippen LogP contribution >= 0.6 is 15.9 Å². The van der Waals surface area contributed by atoms with Crippen molar-refractivity contribution in [2.75, 3.05) is 4.90 Å². The number of nitrogens with zero attached hydrogens (tertiary/aromatic N) is 2. The Hall–Kier alpha value is -1.23. The van der Waals surface area contributed by atoms with Crippen LogP contribution in [-0.4, -0.2) is 16.8 Å². The Balaban J connectivity index is 2.02. The van der Waals surface area contributed by atoms with Gasteiger partial charge in [-0.2, -0.15) is 0 Å². The van der Waals surface area contributed by atoms with Gasteiger partial charge in [-0.25, -0.2) is 4.90 Å². The summed E-state index contributed by atoms with van der Waals surface area (Å²) in [5.74, 6) is -0.459. The molecule has 2 atom stereocenters. The summed E-state index contributed by atoms with van der Waals surface area (Å²) < 4.78 is 0.667. The van der Waals surface area contributed by atoms with E-state index in [4.69, 9.17) is 0 Å². The predicted molar refractivity (Wildman–Crippen MR) is 65.2 cm³/mol. The minimum Gasteiger partial charge on any atom is -0.274 e. The Morgan fingerprint density at radius 3 is 2.41 bits per heavy atom. The molecule has 2 amide bonds. The Morgan fingerprint density at radius 1 is 1.29 bits per heavy atom. The van der Waals surface area contributed by atoms with E-state index in [1.165, 1.54) is 4.90 Å². The molecule has 1 aliphatic carbocycles. The first kappa shape index (κ1) is 10.9. The molecule has 2 fully saturated rings. The first-order valence-corrected chi connectivity index (χ1v) is 6.23. The maximum Gasteiger partial charge on any atom is 0.238 e. The molecule has 0 radical (unpaired) electrons. The van der Waals surface area contributed by atoms with Gasteiger partial charge in [-0.15, -0.1) is 0 Å². The number of imide groups is 1. The molecule has 0 bridgehead atoms. The first-order valence-electron chi connectivity index (χ1n) is 5.43. The van der Waals surface area contributed by atoms with Gasteiger partial charge in [0, 0.05) is 12.4 Å². The molecule has 0 N–H and O–H groups in total. The van der Waals surface area contributed by atoms with Gasteiger partial charge in [-0.3, -0.25) is 14.6 Å². The predicted octanol–water partition coefficient (Wildman–Crippen LogP) is 1.99. The highest BCUT2D eigenvalue weighted by Gasteiger charge is 2.72. The van der Waals surface area contributed by atoms with Crippen molar-refractivity contribution >= 4 is 33.4 Å². The fraction of sp³-hybridized carbons (Fsp3) is 0.417. The summed E-state index contributed by atoms with van der Waals surface area (Å²) in [6.45, 7) is 3.94. The number of aromatic nitrogens is 1. The van der Waals surface area contributed by atoms with Crippen LogP contribution in [0, 0.1) is 17.3 Å². The second kappa shape index (κ2) is 3.16. The van der Waals surface area contributed by atoms with Crippen molar-refractivity contribution in [3.63, 3.8) is 0 Å². The second-order valence-electron chi connectivity index (χ2n) is 5.12. The molecule has 1 saturated heterocycles. The normalized spacial score (nSPS) is 29.5. The topological polar surface area (TPSA) is 50.3 Å². The standard InChI is InChI=1S/C12H11BrN2O2/c1-12(2)8-9(12)11(17)15(10(8)16)7-3-4-14-5-6(7)13/h3-5,8-9H,1-2H3. The maximum atomic E-state index is 12.2. The summed E-state index contributed by atoms with van der Waals surface area (Å²) in [6, 6.07) is 1.68. The molecule has 17 heavy (non-hydrogen) atoms. The minimum atomic E-state index is -0.163. The van der Waals surface area contributed by atoms with Gasteiger partial charge in [-0.1, -0.05) is 13.8 Å². The van der Waals surface area contributed by atoms with E-state index in [1.54, 1.807) is 18.5 Å². The molecule has 1 aliphatic heterocycles. The van der Waals surface area contributed by atoms with Crippen LogP contribution in [0.2, 0.25) is 0 Å². The van der Waals surface area contributed by atoms with E-state index in [9.17, 15) is 9.59 Å². The van der Waals surface area contributed by atoms with E-state index in [0.29, 0.717) is 10.2 Å². The average Bonchev–Trinajstić information content (AvgIpc) is 2.72. The third-order valence-corrected chi connectivity index (χ3v) is 4.40. The van der Waals surface area contributed by atoms with Crippen molar-refractivity contribution in [3.05, 3.63) is 22.9 Å². The molecule has 2 heterocycles. The van der Waals surface area contributed by atoms with Crippen LogP contribution in [0.5, 0.6) is 0 Å². The number of carbonyl (C=O) groups excluding carboxylic acids is 2. The van der Waals surface area contributed by atoms with Crippen LogP contribution in [0.1, 0.15) is 13.8 Å². The minimum absolute atomic E-state index is 0.0862. The van der Waals surface area contributed by atoms with E-state index in [-0.39, 0.29) is 29.1 Å². The monoisotopic (exact) mass is 294 g/mol. The lowest BCUT2D eigenvalue weighted by molar-refractivity contribution is -0.125. The number of fused-ring (bicyclic) bond motifs is 1. The van der Waals surface area contributed by atoms with E-state index < -0.39 is 0 Å². The molecule has 0 spiro atoms. The highest BCUT2D eigenvalue weighted by Crippen LogP contribution is 2.63. The molecule has 88 valence electrons. The molecule has 0 aromatic carbocycles. The number of piperidine rings is 1. The van der Waals surface area contributed by atoms with Crippen molar-refractivity contribution in [1.29, 1.82) is 0 Å². The lowest BCUT2D eigenvalue weighted by atomic mass is 10.1. The number of pyridine rings is 1. The van der Waals surface area contributed by atoms with Gasteiger partial charge in [0.15, 0.2) is 0 Å². The van der Waals surface area contributed by atoms with Crippen LogP contribution in [0.3, 0.4) is 0 Å². The molecule has 5 heteroatoms. The number of hydrogen-bond acceptors (Lipinski definition) is 3. The van der Waals surface area contributed by atoms with E-state index >= 15 is 0 Å². The highest BCUT2D eigenvalue weighted by atomic mass is 79.9. The Labute approximate surface area is 107 Å². The van der Waals surface area contributed by atoms with Crippen LogP contribution in [0.25, 0.3) is 0 Å². The molecule has 2 aliphatic rings. The zero-order chi connectivity index (χ0) is 12.4. The molecule has 1 aromatic rings. The van der Waals surface area contributed by atoms with Crippen molar-refractivity contribution in [3.8, 4) is 0 Å². The van der Waals surface area contributed by atoms with E-state index in [1.807, 2.05) is 13.8 Å². The zero-order valence-electron chi connectivity index (χ0n) is 9.48. The smallest absolute Gasteiger partial charge is 0.238 e. The number of rotatable bonds is 1. The van der Waals surface area contributed by atoms with Crippen LogP contribution in [0.4, 0.5) is 5.69 Å². The number of carbonyl (C=O) groups is 2. The van der Waals surface area contributed by atoms with Crippen molar-refractivity contribution in [2.45, 2.75) is 13.8 Å². The van der Waals surface area contributed by atoms with Crippen LogP contribution in [0.15, 0.2) is 22.9 Å². The SMILES string of the molecule is CC1(C)C2C(=O)N(c3ccncc3Br)C(=O)C21. The largest absolute Gasteiger partial charge is 0.274 e. The van der Waals surface area contributed by atoms with Crippen molar-refractivity contribution in [1.82, 2.24) is 4.98 Å². The molecule has 2 unspecified atom stereocenters. The molecule has 3 rings (SSSR count). The quantitative estimate of drug-likeness (QED) is 0.744. The summed E-state index contributed by atoms with van der Waals surface area (Å²) in [6.07, 6.45) is 3.17. The molecule has 1 aromatic heterocycles.